The third kappa shape index (κ3) is 5.48. The fraction of sp³-hybridized carbons (Fsp3) is 0. The first-order valence-electron chi connectivity index (χ1n) is 18.7. The molecule has 11 aromatic rings. The van der Waals surface area contributed by atoms with Gasteiger partial charge in [0.25, 0.3) is 0 Å². The molecule has 0 bridgehead atoms. The molecule has 0 radical (unpaired) electrons. The molecule has 0 amide bonds. The van der Waals surface area contributed by atoms with Gasteiger partial charge in [0.15, 0.2) is 17.5 Å². The van der Waals surface area contributed by atoms with Crippen molar-refractivity contribution in [1.82, 2.24) is 15.0 Å². The number of furan rings is 1. The van der Waals surface area contributed by atoms with Crippen LogP contribution in [0, 0.1) is 0 Å². The van der Waals surface area contributed by atoms with Gasteiger partial charge in [-0.2, -0.15) is 0 Å². The highest BCUT2D eigenvalue weighted by Gasteiger charge is 2.19. The van der Waals surface area contributed by atoms with Crippen LogP contribution in [-0.4, -0.2) is 15.0 Å². The second-order valence-electron chi connectivity index (χ2n) is 13.9. The van der Waals surface area contributed by atoms with Crippen molar-refractivity contribution in [2.24, 2.45) is 0 Å². The minimum absolute atomic E-state index is 0.597. The van der Waals surface area contributed by atoms with Gasteiger partial charge in [-0.15, -0.1) is 11.3 Å². The zero-order chi connectivity index (χ0) is 37.0. The lowest BCUT2D eigenvalue weighted by Gasteiger charge is -2.15. The second-order valence-corrected chi connectivity index (χ2v) is 15.0. The first-order valence-corrected chi connectivity index (χ1v) is 19.5. The number of fused-ring (bicyclic) bond motifs is 6. The Kier molecular flexibility index (Phi) is 7.64. The average molecular weight is 734 g/mol. The maximum atomic E-state index is 6.28. The zero-order valence-corrected chi connectivity index (χ0v) is 30.9. The number of hydrogen-bond acceptors (Lipinski definition) is 5. The van der Waals surface area contributed by atoms with E-state index in [0.717, 1.165) is 49.6 Å². The van der Waals surface area contributed by atoms with Crippen LogP contribution in [0.5, 0.6) is 0 Å². The van der Waals surface area contributed by atoms with Crippen LogP contribution in [0.4, 0.5) is 0 Å². The van der Waals surface area contributed by atoms with Gasteiger partial charge in [0, 0.05) is 47.6 Å². The van der Waals surface area contributed by atoms with E-state index in [2.05, 4.69) is 133 Å². The summed E-state index contributed by atoms with van der Waals surface area (Å²) in [4.78, 5) is 15.4. The minimum atomic E-state index is 0.597. The zero-order valence-electron chi connectivity index (χ0n) is 30.1. The quantitative estimate of drug-likeness (QED) is 0.171. The van der Waals surface area contributed by atoms with E-state index in [1.54, 1.807) is 11.3 Å². The molecule has 8 aromatic carbocycles. The van der Waals surface area contributed by atoms with Gasteiger partial charge < -0.3 is 4.42 Å². The summed E-state index contributed by atoms with van der Waals surface area (Å²) in [6.07, 6.45) is 0. The molecule has 5 heteroatoms. The predicted molar refractivity (Wildman–Crippen MR) is 233 cm³/mol. The molecular weight excluding hydrogens is 703 g/mol. The molecule has 262 valence electrons. The number of nitrogens with zero attached hydrogens (tertiary/aromatic N) is 3. The van der Waals surface area contributed by atoms with Crippen LogP contribution in [0.15, 0.2) is 192 Å². The normalized spacial score (nSPS) is 11.6. The molecule has 3 aromatic heterocycles. The molecule has 11 rings (SSSR count). The first-order chi connectivity index (χ1) is 27.7. The molecule has 0 aliphatic rings. The van der Waals surface area contributed by atoms with Crippen LogP contribution >= 0.6 is 11.3 Å². The van der Waals surface area contributed by atoms with Crippen molar-refractivity contribution < 1.29 is 4.42 Å². The van der Waals surface area contributed by atoms with E-state index in [1.807, 2.05) is 54.6 Å². The standard InChI is InChI=1S/C51H31N3OS/c1-3-14-32(15-4-1)36-18-7-9-20-38(36)39-21-10-8-19-37(39)34-27-29-46-43(30-34)48-42(23-13-25-47(48)56-46)51-53-49(33-16-5-2-6-17-33)52-50(54-51)35-26-28-41-40-22-11-12-24-44(40)55-45(41)31-35/h1-31H. The molecule has 0 N–H and O–H groups in total. The molecule has 4 nitrogen and oxygen atoms in total. The Morgan fingerprint density at radius 3 is 1.66 bits per heavy atom. The SMILES string of the molecule is c1ccc(-c2nc(-c3ccc4c(c3)oc3ccccc34)nc(-c3cccc4sc5ccc(-c6ccccc6-c6ccccc6-c6ccccc6)cc5c34)n2)cc1. The smallest absolute Gasteiger partial charge is 0.164 e. The number of rotatable bonds is 6. The van der Waals surface area contributed by atoms with Crippen LogP contribution in [0.2, 0.25) is 0 Å². The topological polar surface area (TPSA) is 51.8 Å². The van der Waals surface area contributed by atoms with Crippen LogP contribution in [0.1, 0.15) is 0 Å². The number of hydrogen-bond donors (Lipinski definition) is 0. The lowest BCUT2D eigenvalue weighted by atomic mass is 9.89. The van der Waals surface area contributed by atoms with Crippen molar-refractivity contribution in [1.29, 1.82) is 0 Å². The Labute approximate surface area is 327 Å². The third-order valence-electron chi connectivity index (χ3n) is 10.6. The van der Waals surface area contributed by atoms with Crippen molar-refractivity contribution >= 4 is 53.4 Å². The summed E-state index contributed by atoms with van der Waals surface area (Å²) >= 11 is 1.80. The van der Waals surface area contributed by atoms with E-state index in [1.165, 1.54) is 42.6 Å². The monoisotopic (exact) mass is 733 g/mol. The van der Waals surface area contributed by atoms with E-state index < -0.39 is 0 Å². The lowest BCUT2D eigenvalue weighted by Crippen LogP contribution is -2.00. The molecular formula is C51H31N3OS. The van der Waals surface area contributed by atoms with Crippen molar-refractivity contribution in [3.63, 3.8) is 0 Å². The van der Waals surface area contributed by atoms with E-state index in [9.17, 15) is 0 Å². The van der Waals surface area contributed by atoms with Crippen LogP contribution in [0.25, 0.3) is 110 Å². The molecule has 0 aliphatic carbocycles. The average Bonchev–Trinajstić information content (AvgIpc) is 3.84. The molecule has 0 unspecified atom stereocenters. The molecule has 0 atom stereocenters. The number of para-hydroxylation sites is 1. The summed E-state index contributed by atoms with van der Waals surface area (Å²) in [6.45, 7) is 0. The Hall–Kier alpha value is -7.21. The Balaban J connectivity index is 1.09. The van der Waals surface area contributed by atoms with E-state index in [0.29, 0.717) is 17.5 Å². The van der Waals surface area contributed by atoms with Crippen LogP contribution in [-0.2, 0) is 0 Å². The molecule has 0 aliphatic heterocycles. The van der Waals surface area contributed by atoms with Crippen molar-refractivity contribution in [3.05, 3.63) is 188 Å². The van der Waals surface area contributed by atoms with Gasteiger partial charge in [-0.25, -0.2) is 15.0 Å². The Morgan fingerprint density at radius 2 is 0.893 bits per heavy atom. The maximum Gasteiger partial charge on any atom is 0.164 e. The summed E-state index contributed by atoms with van der Waals surface area (Å²) < 4.78 is 8.68. The Bertz CT molecular complexity index is 3260. The van der Waals surface area contributed by atoms with Gasteiger partial charge in [-0.3, -0.25) is 0 Å². The third-order valence-corrected chi connectivity index (χ3v) is 11.7. The second kappa shape index (κ2) is 13.3. The van der Waals surface area contributed by atoms with Crippen LogP contribution < -0.4 is 0 Å². The molecule has 0 saturated heterocycles. The number of thiophene rings is 1. The molecule has 3 heterocycles. The summed E-state index contributed by atoms with van der Waals surface area (Å²) in [6, 6.07) is 65.8. The van der Waals surface area contributed by atoms with Gasteiger partial charge in [0.1, 0.15) is 11.2 Å². The number of benzene rings is 8. The van der Waals surface area contributed by atoms with Crippen molar-refractivity contribution in [2.75, 3.05) is 0 Å². The number of aromatic nitrogens is 3. The molecule has 0 spiro atoms. The first kappa shape index (κ1) is 32.2. The van der Waals surface area contributed by atoms with Crippen molar-refractivity contribution in [2.45, 2.75) is 0 Å². The van der Waals surface area contributed by atoms with Gasteiger partial charge in [-0.05, 0) is 69.8 Å². The summed E-state index contributed by atoms with van der Waals surface area (Å²) in [5, 5.41) is 4.47. The highest BCUT2D eigenvalue weighted by atomic mass is 32.1. The van der Waals surface area contributed by atoms with E-state index >= 15 is 0 Å². The molecule has 0 fully saturated rings. The molecule has 56 heavy (non-hydrogen) atoms. The Morgan fingerprint density at radius 1 is 0.321 bits per heavy atom. The van der Waals surface area contributed by atoms with E-state index in [4.69, 9.17) is 19.4 Å². The van der Waals surface area contributed by atoms with Crippen LogP contribution in [0.3, 0.4) is 0 Å². The van der Waals surface area contributed by atoms with Gasteiger partial charge in [0.2, 0.25) is 0 Å². The highest BCUT2D eigenvalue weighted by molar-refractivity contribution is 7.26. The fourth-order valence-electron chi connectivity index (χ4n) is 7.94. The largest absolute Gasteiger partial charge is 0.456 e. The fourth-order valence-corrected chi connectivity index (χ4v) is 9.06. The minimum Gasteiger partial charge on any atom is -0.456 e. The highest BCUT2D eigenvalue weighted by Crippen LogP contribution is 2.44. The predicted octanol–water partition coefficient (Wildman–Crippen LogP) is 14.1. The van der Waals surface area contributed by atoms with Gasteiger partial charge >= 0.3 is 0 Å². The van der Waals surface area contributed by atoms with Crippen molar-refractivity contribution in [3.8, 4) is 67.5 Å². The lowest BCUT2D eigenvalue weighted by molar-refractivity contribution is 0.669. The molecule has 0 saturated carbocycles. The summed E-state index contributed by atoms with van der Waals surface area (Å²) in [5.74, 6) is 1.85. The summed E-state index contributed by atoms with van der Waals surface area (Å²) in [7, 11) is 0. The summed E-state index contributed by atoms with van der Waals surface area (Å²) in [5.41, 5.74) is 11.6. The van der Waals surface area contributed by atoms with Gasteiger partial charge in [0.05, 0.1) is 0 Å². The van der Waals surface area contributed by atoms with E-state index in [-0.39, 0.29) is 0 Å². The maximum absolute atomic E-state index is 6.28. The van der Waals surface area contributed by atoms with Gasteiger partial charge in [-0.1, -0.05) is 152 Å².